The topological polar surface area (TPSA) is 109 Å². The molecule has 134 valence electrons. The standard InChI is InChI=1S/C20H17N5O2/c21-19(26)13-6-7-17-16(10-13)18(25-24-17)12-3-1-5-15(9-12)23-20(27)14-4-2-8-22-11-14/h1-11,18,24-25H,(H2,21,26)(H,23,27). The lowest BCUT2D eigenvalue weighted by molar-refractivity contribution is 0.0997. The number of nitrogens with one attached hydrogen (secondary N) is 3. The number of hydrogen-bond donors (Lipinski definition) is 4. The van der Waals surface area contributed by atoms with Gasteiger partial charge in [-0.15, -0.1) is 0 Å². The molecule has 1 aliphatic heterocycles. The molecule has 0 bridgehead atoms. The number of primary amides is 1. The highest BCUT2D eigenvalue weighted by Crippen LogP contribution is 2.34. The number of fused-ring (bicyclic) bond motifs is 1. The van der Waals surface area contributed by atoms with Crippen molar-refractivity contribution >= 4 is 23.2 Å². The van der Waals surface area contributed by atoms with Gasteiger partial charge in [0.25, 0.3) is 5.91 Å². The fourth-order valence-electron chi connectivity index (χ4n) is 3.06. The maximum Gasteiger partial charge on any atom is 0.257 e. The zero-order chi connectivity index (χ0) is 18.8. The van der Waals surface area contributed by atoms with Gasteiger partial charge < -0.3 is 16.5 Å². The quantitative estimate of drug-likeness (QED) is 0.572. The molecule has 0 fully saturated rings. The molecular formula is C20H17N5O2. The van der Waals surface area contributed by atoms with Crippen molar-refractivity contribution in [3.63, 3.8) is 0 Å². The Bertz CT molecular complexity index is 1020. The summed E-state index contributed by atoms with van der Waals surface area (Å²) in [7, 11) is 0. The highest BCUT2D eigenvalue weighted by Gasteiger charge is 2.24. The van der Waals surface area contributed by atoms with Crippen LogP contribution in [0, 0.1) is 0 Å². The zero-order valence-corrected chi connectivity index (χ0v) is 14.3. The lowest BCUT2D eigenvalue weighted by Gasteiger charge is -2.14. The minimum absolute atomic E-state index is 0.172. The molecule has 0 saturated carbocycles. The SMILES string of the molecule is NC(=O)c1ccc2c(c1)C(c1cccc(NC(=O)c3cccnc3)c1)NN2. The summed E-state index contributed by atoms with van der Waals surface area (Å²) < 4.78 is 0. The Morgan fingerprint density at radius 3 is 2.70 bits per heavy atom. The highest BCUT2D eigenvalue weighted by molar-refractivity contribution is 6.04. The van der Waals surface area contributed by atoms with E-state index in [-0.39, 0.29) is 11.9 Å². The average molecular weight is 359 g/mol. The zero-order valence-electron chi connectivity index (χ0n) is 14.3. The molecule has 7 heteroatoms. The Morgan fingerprint density at radius 2 is 1.93 bits per heavy atom. The molecule has 0 spiro atoms. The molecule has 1 atom stereocenters. The van der Waals surface area contributed by atoms with Crippen LogP contribution >= 0.6 is 0 Å². The summed E-state index contributed by atoms with van der Waals surface area (Å²) in [6.45, 7) is 0. The summed E-state index contributed by atoms with van der Waals surface area (Å²) in [5.74, 6) is -0.699. The van der Waals surface area contributed by atoms with Crippen LogP contribution in [0.15, 0.2) is 67.0 Å². The van der Waals surface area contributed by atoms with Crippen LogP contribution in [0.1, 0.15) is 37.9 Å². The van der Waals surface area contributed by atoms with Gasteiger partial charge in [-0.25, -0.2) is 5.43 Å². The minimum atomic E-state index is -0.471. The number of anilines is 2. The van der Waals surface area contributed by atoms with Crippen molar-refractivity contribution in [1.82, 2.24) is 10.4 Å². The van der Waals surface area contributed by atoms with Crippen LogP contribution < -0.4 is 21.9 Å². The summed E-state index contributed by atoms with van der Waals surface area (Å²) in [5, 5.41) is 2.87. The third kappa shape index (κ3) is 3.36. The molecule has 1 aliphatic rings. The van der Waals surface area contributed by atoms with E-state index in [1.807, 2.05) is 30.3 Å². The molecule has 0 saturated heterocycles. The van der Waals surface area contributed by atoms with Gasteiger partial charge in [-0.3, -0.25) is 14.6 Å². The molecule has 0 aliphatic carbocycles. The highest BCUT2D eigenvalue weighted by atomic mass is 16.2. The third-order valence-corrected chi connectivity index (χ3v) is 4.40. The van der Waals surface area contributed by atoms with Crippen molar-refractivity contribution in [2.45, 2.75) is 6.04 Å². The van der Waals surface area contributed by atoms with E-state index in [1.54, 1.807) is 30.5 Å². The fraction of sp³-hybridized carbons (Fsp3) is 0.0500. The lowest BCUT2D eigenvalue weighted by Crippen LogP contribution is -2.20. The number of nitrogens with two attached hydrogens (primary N) is 1. The number of benzene rings is 2. The van der Waals surface area contributed by atoms with Gasteiger partial charge in [-0.05, 0) is 48.0 Å². The van der Waals surface area contributed by atoms with Crippen LogP contribution in [0.25, 0.3) is 0 Å². The second kappa shape index (κ2) is 6.89. The number of amides is 2. The number of rotatable bonds is 4. The van der Waals surface area contributed by atoms with Crippen LogP contribution in [0.3, 0.4) is 0 Å². The van der Waals surface area contributed by atoms with Crippen molar-refractivity contribution < 1.29 is 9.59 Å². The number of pyridine rings is 1. The summed E-state index contributed by atoms with van der Waals surface area (Å²) in [6.07, 6.45) is 3.14. The molecule has 27 heavy (non-hydrogen) atoms. The van der Waals surface area contributed by atoms with Crippen molar-refractivity contribution in [1.29, 1.82) is 0 Å². The minimum Gasteiger partial charge on any atom is -0.366 e. The first-order chi connectivity index (χ1) is 13.1. The first-order valence-electron chi connectivity index (χ1n) is 8.38. The molecule has 3 aromatic rings. The molecular weight excluding hydrogens is 342 g/mol. The summed E-state index contributed by atoms with van der Waals surface area (Å²) in [4.78, 5) is 27.8. The Morgan fingerprint density at radius 1 is 1.04 bits per heavy atom. The molecule has 7 nitrogen and oxygen atoms in total. The van der Waals surface area contributed by atoms with E-state index in [0.717, 1.165) is 16.8 Å². The Balaban J connectivity index is 1.60. The number of nitrogens with zero attached hydrogens (tertiary/aromatic N) is 1. The van der Waals surface area contributed by atoms with Gasteiger partial charge in [0.2, 0.25) is 5.91 Å². The second-order valence-electron chi connectivity index (χ2n) is 6.19. The van der Waals surface area contributed by atoms with E-state index in [4.69, 9.17) is 5.73 Å². The predicted molar refractivity (Wildman–Crippen MR) is 102 cm³/mol. The number of carbonyl (C=O) groups is 2. The molecule has 2 aromatic carbocycles. The van der Waals surface area contributed by atoms with Gasteiger partial charge in [0.05, 0.1) is 17.3 Å². The summed E-state index contributed by atoms with van der Waals surface area (Å²) >= 11 is 0. The van der Waals surface area contributed by atoms with Crippen molar-refractivity contribution in [2.75, 3.05) is 10.7 Å². The Kier molecular flexibility index (Phi) is 4.27. The van der Waals surface area contributed by atoms with Crippen LogP contribution in [-0.2, 0) is 0 Å². The van der Waals surface area contributed by atoms with Crippen LogP contribution in [0.5, 0.6) is 0 Å². The largest absolute Gasteiger partial charge is 0.366 e. The van der Waals surface area contributed by atoms with Crippen LogP contribution in [0.2, 0.25) is 0 Å². The first-order valence-corrected chi connectivity index (χ1v) is 8.38. The number of carbonyl (C=O) groups excluding carboxylic acids is 2. The van der Waals surface area contributed by atoms with E-state index >= 15 is 0 Å². The fourth-order valence-corrected chi connectivity index (χ4v) is 3.06. The predicted octanol–water partition coefficient (Wildman–Crippen LogP) is 2.45. The van der Waals surface area contributed by atoms with E-state index in [1.165, 1.54) is 6.20 Å². The van der Waals surface area contributed by atoms with E-state index in [9.17, 15) is 9.59 Å². The maximum atomic E-state index is 12.3. The van der Waals surface area contributed by atoms with Gasteiger partial charge in [0.15, 0.2) is 0 Å². The summed E-state index contributed by atoms with van der Waals surface area (Å²) in [5.41, 5.74) is 16.0. The Labute approximate surface area is 155 Å². The lowest BCUT2D eigenvalue weighted by atomic mass is 9.97. The van der Waals surface area contributed by atoms with Gasteiger partial charge in [-0.2, -0.15) is 0 Å². The summed E-state index contributed by atoms with van der Waals surface area (Å²) in [6, 6.07) is 16.0. The molecule has 0 radical (unpaired) electrons. The monoisotopic (exact) mass is 359 g/mol. The second-order valence-corrected chi connectivity index (χ2v) is 6.19. The number of hydrazine groups is 1. The molecule has 1 aromatic heterocycles. The molecule has 4 rings (SSSR count). The van der Waals surface area contributed by atoms with E-state index in [0.29, 0.717) is 16.8 Å². The van der Waals surface area contributed by atoms with Gasteiger partial charge in [0.1, 0.15) is 0 Å². The average Bonchev–Trinajstić information content (AvgIpc) is 3.12. The smallest absolute Gasteiger partial charge is 0.257 e. The maximum absolute atomic E-state index is 12.3. The van der Waals surface area contributed by atoms with Gasteiger partial charge in [-0.1, -0.05) is 12.1 Å². The normalized spacial score (nSPS) is 14.9. The van der Waals surface area contributed by atoms with Gasteiger partial charge >= 0.3 is 0 Å². The number of hydrogen-bond acceptors (Lipinski definition) is 5. The van der Waals surface area contributed by atoms with E-state index in [2.05, 4.69) is 21.2 Å². The Hall–Kier alpha value is -3.71. The molecule has 2 amide bonds. The van der Waals surface area contributed by atoms with Crippen molar-refractivity contribution in [2.24, 2.45) is 5.73 Å². The first kappa shape index (κ1) is 16.7. The van der Waals surface area contributed by atoms with E-state index < -0.39 is 5.91 Å². The molecule has 1 unspecified atom stereocenters. The van der Waals surface area contributed by atoms with Crippen LogP contribution in [-0.4, -0.2) is 16.8 Å². The van der Waals surface area contributed by atoms with Gasteiger partial charge in [0, 0.05) is 29.2 Å². The van der Waals surface area contributed by atoms with Crippen molar-refractivity contribution in [3.05, 3.63) is 89.2 Å². The third-order valence-electron chi connectivity index (χ3n) is 4.40. The molecule has 2 heterocycles. The number of aromatic nitrogens is 1. The van der Waals surface area contributed by atoms with Crippen LogP contribution in [0.4, 0.5) is 11.4 Å². The molecule has 5 N–H and O–H groups in total. The van der Waals surface area contributed by atoms with Crippen molar-refractivity contribution in [3.8, 4) is 0 Å².